The number of hydrogen-bond donors (Lipinski definition) is 2. The van der Waals surface area contributed by atoms with Gasteiger partial charge in [0.05, 0.1) is 6.54 Å². The molecule has 2 rings (SSSR count). The van der Waals surface area contributed by atoms with Crippen LogP contribution < -0.4 is 10.6 Å². The van der Waals surface area contributed by atoms with E-state index in [1.165, 1.54) is 0 Å². The van der Waals surface area contributed by atoms with Crippen LogP contribution in [-0.4, -0.2) is 36.3 Å². The van der Waals surface area contributed by atoms with Crippen molar-refractivity contribution in [2.75, 3.05) is 30.3 Å². The monoisotopic (exact) mass is 401 g/mol. The Bertz CT molecular complexity index is 817. The number of nitrogens with zero attached hydrogens (tertiary/aromatic N) is 1. The Balaban J connectivity index is 1.99. The zero-order chi connectivity index (χ0) is 20.5. The van der Waals surface area contributed by atoms with Crippen LogP contribution in [0.2, 0.25) is 5.02 Å². The molecule has 0 aromatic heterocycles. The number of halogens is 1. The largest absolute Gasteiger partial charge is 0.376 e. The zero-order valence-corrected chi connectivity index (χ0v) is 17.5. The summed E-state index contributed by atoms with van der Waals surface area (Å²) in [6, 6.07) is 12.6. The Labute approximate surface area is 172 Å². The van der Waals surface area contributed by atoms with E-state index in [0.717, 1.165) is 37.2 Å². The van der Waals surface area contributed by atoms with E-state index >= 15 is 0 Å². The second-order valence-electron chi connectivity index (χ2n) is 6.73. The molecule has 0 spiro atoms. The van der Waals surface area contributed by atoms with Gasteiger partial charge in [-0.3, -0.25) is 9.59 Å². The predicted molar refractivity (Wildman–Crippen MR) is 116 cm³/mol. The van der Waals surface area contributed by atoms with E-state index in [0.29, 0.717) is 16.3 Å². The highest BCUT2D eigenvalue weighted by molar-refractivity contribution is 6.31. The van der Waals surface area contributed by atoms with E-state index in [-0.39, 0.29) is 18.4 Å². The van der Waals surface area contributed by atoms with Crippen molar-refractivity contribution < 1.29 is 9.59 Å². The van der Waals surface area contributed by atoms with Gasteiger partial charge in [0.1, 0.15) is 0 Å². The first-order valence-corrected chi connectivity index (χ1v) is 10.0. The molecule has 2 aromatic carbocycles. The van der Waals surface area contributed by atoms with E-state index in [4.69, 9.17) is 11.6 Å². The second kappa shape index (κ2) is 10.7. The molecular weight excluding hydrogens is 374 g/mol. The highest BCUT2D eigenvalue weighted by Gasteiger charge is 2.14. The Morgan fingerprint density at radius 2 is 1.75 bits per heavy atom. The number of nitrogens with one attached hydrogen (secondary N) is 2. The van der Waals surface area contributed by atoms with Crippen LogP contribution in [0.15, 0.2) is 42.5 Å². The summed E-state index contributed by atoms with van der Waals surface area (Å²) >= 11 is 5.99. The molecule has 0 saturated carbocycles. The van der Waals surface area contributed by atoms with E-state index in [2.05, 4.69) is 24.5 Å². The average molecular weight is 402 g/mol. The molecule has 0 heterocycles. The number of hydrogen-bond acceptors (Lipinski definition) is 3. The van der Waals surface area contributed by atoms with Crippen molar-refractivity contribution in [1.29, 1.82) is 0 Å². The van der Waals surface area contributed by atoms with Crippen molar-refractivity contribution in [3.63, 3.8) is 0 Å². The standard InChI is InChI=1S/C22H28ClN3O2/c1-4-11-26(12-5-2)22(28)17-7-6-8-19(13-17)24-15-21(27)25-20-14-18(23)10-9-16(20)3/h6-10,13-14,24H,4-5,11-12,15H2,1-3H3,(H,25,27). The molecule has 0 bridgehead atoms. The molecule has 28 heavy (non-hydrogen) atoms. The molecule has 0 fully saturated rings. The van der Waals surface area contributed by atoms with Crippen LogP contribution in [0.25, 0.3) is 0 Å². The Morgan fingerprint density at radius 1 is 1.04 bits per heavy atom. The van der Waals surface area contributed by atoms with E-state index < -0.39 is 0 Å². The van der Waals surface area contributed by atoms with Gasteiger partial charge in [-0.25, -0.2) is 0 Å². The summed E-state index contributed by atoms with van der Waals surface area (Å²) in [6.45, 7) is 7.61. The highest BCUT2D eigenvalue weighted by atomic mass is 35.5. The summed E-state index contributed by atoms with van der Waals surface area (Å²) in [5.74, 6) is -0.160. The van der Waals surface area contributed by atoms with Crippen LogP contribution in [0.4, 0.5) is 11.4 Å². The average Bonchev–Trinajstić information content (AvgIpc) is 2.69. The van der Waals surface area contributed by atoms with Gasteiger partial charge in [0.15, 0.2) is 0 Å². The van der Waals surface area contributed by atoms with Gasteiger partial charge in [0.2, 0.25) is 5.91 Å². The summed E-state index contributed by atoms with van der Waals surface area (Å²) in [4.78, 5) is 26.9. The zero-order valence-electron chi connectivity index (χ0n) is 16.7. The summed E-state index contributed by atoms with van der Waals surface area (Å²) < 4.78 is 0. The van der Waals surface area contributed by atoms with Crippen LogP contribution >= 0.6 is 11.6 Å². The molecule has 0 saturated heterocycles. The van der Waals surface area contributed by atoms with E-state index in [1.54, 1.807) is 24.3 Å². The fourth-order valence-electron chi connectivity index (χ4n) is 2.91. The molecule has 2 aromatic rings. The number of carbonyl (C=O) groups excluding carboxylic acids is 2. The molecule has 2 N–H and O–H groups in total. The molecule has 6 heteroatoms. The van der Waals surface area contributed by atoms with Gasteiger partial charge in [0.25, 0.3) is 5.91 Å². The fourth-order valence-corrected chi connectivity index (χ4v) is 3.08. The van der Waals surface area contributed by atoms with Crippen LogP contribution in [0, 0.1) is 6.92 Å². The van der Waals surface area contributed by atoms with Gasteiger partial charge >= 0.3 is 0 Å². The number of rotatable bonds is 9. The van der Waals surface area contributed by atoms with Crippen LogP contribution in [0.1, 0.15) is 42.6 Å². The van der Waals surface area contributed by atoms with E-state index in [9.17, 15) is 9.59 Å². The molecule has 0 atom stereocenters. The molecule has 150 valence electrons. The van der Waals surface area contributed by atoms with Crippen molar-refractivity contribution in [2.24, 2.45) is 0 Å². The van der Waals surface area contributed by atoms with Gasteiger partial charge in [-0.15, -0.1) is 0 Å². The third-order valence-corrected chi connectivity index (χ3v) is 4.55. The molecular formula is C22H28ClN3O2. The summed E-state index contributed by atoms with van der Waals surface area (Å²) in [5.41, 5.74) is 2.99. The Kier molecular flexibility index (Phi) is 8.33. The minimum absolute atomic E-state index is 0.0198. The predicted octanol–water partition coefficient (Wildman–Crippen LogP) is 4.96. The lowest BCUT2D eigenvalue weighted by Crippen LogP contribution is -2.32. The van der Waals surface area contributed by atoms with Gasteiger partial charge in [0, 0.05) is 35.1 Å². The number of carbonyl (C=O) groups is 2. The Morgan fingerprint density at radius 3 is 2.43 bits per heavy atom. The normalized spacial score (nSPS) is 10.4. The molecule has 0 aliphatic heterocycles. The van der Waals surface area contributed by atoms with Crippen LogP contribution in [-0.2, 0) is 4.79 Å². The third kappa shape index (κ3) is 6.27. The molecule has 0 aliphatic carbocycles. The van der Waals surface area contributed by atoms with Crippen molar-refractivity contribution in [2.45, 2.75) is 33.6 Å². The SMILES string of the molecule is CCCN(CCC)C(=O)c1cccc(NCC(=O)Nc2cc(Cl)ccc2C)c1. The lowest BCUT2D eigenvalue weighted by Gasteiger charge is -2.21. The second-order valence-corrected chi connectivity index (χ2v) is 7.17. The van der Waals surface area contributed by atoms with Crippen molar-refractivity contribution in [3.05, 3.63) is 58.6 Å². The number of aryl methyl sites for hydroxylation is 1. The number of anilines is 2. The number of amides is 2. The maximum absolute atomic E-state index is 12.7. The minimum atomic E-state index is -0.180. The minimum Gasteiger partial charge on any atom is -0.376 e. The van der Waals surface area contributed by atoms with E-state index in [1.807, 2.05) is 30.0 Å². The third-order valence-electron chi connectivity index (χ3n) is 4.31. The van der Waals surface area contributed by atoms with Gasteiger partial charge in [-0.2, -0.15) is 0 Å². The first-order chi connectivity index (χ1) is 13.4. The molecule has 2 amide bonds. The molecule has 0 aliphatic rings. The van der Waals surface area contributed by atoms with Crippen LogP contribution in [0.5, 0.6) is 0 Å². The molecule has 0 radical (unpaired) electrons. The Hall–Kier alpha value is -2.53. The smallest absolute Gasteiger partial charge is 0.253 e. The first-order valence-electron chi connectivity index (χ1n) is 9.63. The van der Waals surface area contributed by atoms with Crippen molar-refractivity contribution in [1.82, 2.24) is 4.90 Å². The first kappa shape index (κ1) is 21.8. The quantitative estimate of drug-likeness (QED) is 0.624. The van der Waals surface area contributed by atoms with Crippen molar-refractivity contribution in [3.8, 4) is 0 Å². The summed E-state index contributed by atoms with van der Waals surface area (Å²) in [5, 5.41) is 6.50. The maximum Gasteiger partial charge on any atom is 0.253 e. The van der Waals surface area contributed by atoms with Gasteiger partial charge in [-0.1, -0.05) is 37.6 Å². The fraction of sp³-hybridized carbons (Fsp3) is 0.364. The maximum atomic E-state index is 12.7. The highest BCUT2D eigenvalue weighted by Crippen LogP contribution is 2.20. The van der Waals surface area contributed by atoms with Gasteiger partial charge in [-0.05, 0) is 55.7 Å². The topological polar surface area (TPSA) is 61.4 Å². The summed E-state index contributed by atoms with van der Waals surface area (Å²) in [7, 11) is 0. The lowest BCUT2D eigenvalue weighted by atomic mass is 10.1. The van der Waals surface area contributed by atoms with Crippen LogP contribution in [0.3, 0.4) is 0 Å². The lowest BCUT2D eigenvalue weighted by molar-refractivity contribution is -0.114. The molecule has 0 unspecified atom stereocenters. The van der Waals surface area contributed by atoms with Crippen molar-refractivity contribution >= 4 is 34.8 Å². The van der Waals surface area contributed by atoms with Gasteiger partial charge < -0.3 is 15.5 Å². The summed E-state index contributed by atoms with van der Waals surface area (Å²) in [6.07, 6.45) is 1.85. The number of benzene rings is 2. The molecule has 5 nitrogen and oxygen atoms in total.